The fourth-order valence-corrected chi connectivity index (χ4v) is 2.19. The van der Waals surface area contributed by atoms with E-state index >= 15 is 0 Å². The maximum absolute atomic E-state index is 11.0. The first-order valence-corrected chi connectivity index (χ1v) is 6.36. The van der Waals surface area contributed by atoms with E-state index in [1.807, 2.05) is 19.9 Å². The van der Waals surface area contributed by atoms with Crippen LogP contribution in [-0.4, -0.2) is 29.1 Å². The minimum absolute atomic E-state index is 0.110. The second-order valence-electron chi connectivity index (χ2n) is 5.11. The Kier molecular flexibility index (Phi) is 3.70. The topological polar surface area (TPSA) is 77.2 Å². The molecule has 0 unspecified atom stereocenters. The van der Waals surface area contributed by atoms with Gasteiger partial charge in [-0.25, -0.2) is 4.98 Å². The van der Waals surface area contributed by atoms with Crippen molar-refractivity contribution in [2.45, 2.75) is 26.7 Å². The average molecular weight is 259 g/mol. The quantitative estimate of drug-likeness (QED) is 0.873. The van der Waals surface area contributed by atoms with Crippen LogP contribution in [0.3, 0.4) is 0 Å². The molecule has 5 nitrogen and oxygen atoms in total. The van der Waals surface area contributed by atoms with Crippen molar-refractivity contribution in [3.63, 3.8) is 0 Å². The Balaban J connectivity index is 2.38. The molecule has 2 rings (SSSR count). The molecule has 1 fully saturated rings. The molecule has 0 amide bonds. The molecule has 0 saturated heterocycles. The van der Waals surface area contributed by atoms with Crippen LogP contribution >= 0.6 is 0 Å². The van der Waals surface area contributed by atoms with Crippen LogP contribution in [0, 0.1) is 31.1 Å². The van der Waals surface area contributed by atoms with Gasteiger partial charge in [-0.1, -0.05) is 0 Å². The third-order valence-corrected chi connectivity index (χ3v) is 3.24. The predicted octanol–water partition coefficient (Wildman–Crippen LogP) is 1.87. The summed E-state index contributed by atoms with van der Waals surface area (Å²) in [5.74, 6) is 0.147. The largest absolute Gasteiger partial charge is 0.480 e. The van der Waals surface area contributed by atoms with Crippen LogP contribution in [0.25, 0.3) is 0 Å². The first-order chi connectivity index (χ1) is 9.01. The number of hydrogen-bond donors (Lipinski definition) is 1. The maximum atomic E-state index is 11.0. The van der Waals surface area contributed by atoms with Crippen LogP contribution in [0.2, 0.25) is 0 Å². The van der Waals surface area contributed by atoms with E-state index in [9.17, 15) is 10.1 Å². The van der Waals surface area contributed by atoms with Gasteiger partial charge >= 0.3 is 5.97 Å². The van der Waals surface area contributed by atoms with Gasteiger partial charge < -0.3 is 10.0 Å². The molecular formula is C14H17N3O2. The Morgan fingerprint density at radius 2 is 2.26 bits per heavy atom. The molecule has 1 aliphatic rings. The predicted molar refractivity (Wildman–Crippen MR) is 71.0 cm³/mol. The van der Waals surface area contributed by atoms with Gasteiger partial charge in [-0.2, -0.15) is 5.26 Å². The number of aryl methyl sites for hydroxylation is 2. The molecule has 100 valence electrons. The molecule has 1 N–H and O–H groups in total. The second-order valence-corrected chi connectivity index (χ2v) is 5.11. The summed E-state index contributed by atoms with van der Waals surface area (Å²) in [7, 11) is 0. The molecule has 1 aromatic heterocycles. The lowest BCUT2D eigenvalue weighted by Crippen LogP contribution is -2.33. The molecule has 1 saturated carbocycles. The van der Waals surface area contributed by atoms with Crippen molar-refractivity contribution in [2.75, 3.05) is 18.0 Å². The number of nitriles is 1. The van der Waals surface area contributed by atoms with Crippen molar-refractivity contribution in [1.82, 2.24) is 4.98 Å². The Morgan fingerprint density at radius 1 is 1.58 bits per heavy atom. The summed E-state index contributed by atoms with van der Waals surface area (Å²) in [5.41, 5.74) is 2.13. The molecule has 1 aromatic rings. The van der Waals surface area contributed by atoms with Gasteiger partial charge in [0.25, 0.3) is 0 Å². The van der Waals surface area contributed by atoms with Gasteiger partial charge in [0.15, 0.2) is 0 Å². The third-order valence-electron chi connectivity index (χ3n) is 3.24. The van der Waals surface area contributed by atoms with Crippen molar-refractivity contribution >= 4 is 11.8 Å². The van der Waals surface area contributed by atoms with Crippen molar-refractivity contribution in [3.05, 3.63) is 22.9 Å². The molecular weight excluding hydrogens is 242 g/mol. The van der Waals surface area contributed by atoms with E-state index in [-0.39, 0.29) is 6.54 Å². The molecule has 5 heteroatoms. The highest BCUT2D eigenvalue weighted by molar-refractivity contribution is 5.74. The Hall–Kier alpha value is -2.09. The number of hydrogen-bond acceptors (Lipinski definition) is 4. The number of carboxylic acids is 1. The van der Waals surface area contributed by atoms with Crippen LogP contribution in [0.1, 0.15) is 29.7 Å². The van der Waals surface area contributed by atoms with Gasteiger partial charge in [0.05, 0.1) is 5.56 Å². The monoisotopic (exact) mass is 259 g/mol. The fraction of sp³-hybridized carbons (Fsp3) is 0.500. The Morgan fingerprint density at radius 3 is 2.79 bits per heavy atom. The zero-order valence-corrected chi connectivity index (χ0v) is 11.2. The second kappa shape index (κ2) is 5.27. The third kappa shape index (κ3) is 3.22. The summed E-state index contributed by atoms with van der Waals surface area (Å²) in [4.78, 5) is 17.1. The van der Waals surface area contributed by atoms with Crippen molar-refractivity contribution in [2.24, 2.45) is 5.92 Å². The molecule has 0 atom stereocenters. The van der Waals surface area contributed by atoms with Gasteiger partial charge in [-0.05, 0) is 44.2 Å². The van der Waals surface area contributed by atoms with E-state index in [1.165, 1.54) is 0 Å². The van der Waals surface area contributed by atoms with E-state index in [0.717, 1.165) is 24.1 Å². The zero-order chi connectivity index (χ0) is 14.0. The lowest BCUT2D eigenvalue weighted by molar-refractivity contribution is -0.135. The van der Waals surface area contributed by atoms with Crippen molar-refractivity contribution < 1.29 is 9.90 Å². The average Bonchev–Trinajstić information content (AvgIpc) is 3.10. The summed E-state index contributed by atoms with van der Waals surface area (Å²) in [5, 5.41) is 18.3. The highest BCUT2D eigenvalue weighted by atomic mass is 16.4. The van der Waals surface area contributed by atoms with Crippen LogP contribution in [0.15, 0.2) is 6.07 Å². The standard InChI is InChI=1S/C14H17N3O2/c1-9-5-10(2)16-14(12(9)6-15)17(8-13(18)19)7-11-3-4-11/h5,11H,3-4,7-8H2,1-2H3,(H,18,19). The number of rotatable bonds is 5. The SMILES string of the molecule is Cc1cc(C)c(C#N)c(N(CC(=O)O)CC2CC2)n1. The number of anilines is 1. The van der Waals surface area contributed by atoms with Crippen molar-refractivity contribution in [1.29, 1.82) is 5.26 Å². The first-order valence-electron chi connectivity index (χ1n) is 6.36. The van der Waals surface area contributed by atoms with Crippen LogP contribution < -0.4 is 4.90 Å². The van der Waals surface area contributed by atoms with Crippen LogP contribution in [0.4, 0.5) is 5.82 Å². The first kappa shape index (κ1) is 13.3. The molecule has 1 heterocycles. The maximum Gasteiger partial charge on any atom is 0.323 e. The molecule has 0 spiro atoms. The molecule has 0 aliphatic heterocycles. The van der Waals surface area contributed by atoms with Gasteiger partial charge in [-0.3, -0.25) is 4.79 Å². The zero-order valence-electron chi connectivity index (χ0n) is 11.2. The summed E-state index contributed by atoms with van der Waals surface area (Å²) in [6, 6.07) is 3.99. The van der Waals surface area contributed by atoms with Crippen LogP contribution in [0.5, 0.6) is 0 Å². The Bertz CT molecular complexity index is 544. The van der Waals surface area contributed by atoms with Gasteiger partial charge in [0, 0.05) is 12.2 Å². The van der Waals surface area contributed by atoms with E-state index in [4.69, 9.17) is 5.11 Å². The van der Waals surface area contributed by atoms with Crippen LogP contribution in [-0.2, 0) is 4.79 Å². The molecule has 0 aromatic carbocycles. The van der Waals surface area contributed by atoms with E-state index in [0.29, 0.717) is 23.8 Å². The van der Waals surface area contributed by atoms with Crippen molar-refractivity contribution in [3.8, 4) is 6.07 Å². The van der Waals surface area contributed by atoms with E-state index < -0.39 is 5.97 Å². The number of aromatic nitrogens is 1. The summed E-state index contributed by atoms with van der Waals surface area (Å²) in [6.45, 7) is 4.26. The number of pyridine rings is 1. The summed E-state index contributed by atoms with van der Waals surface area (Å²) in [6.07, 6.45) is 2.26. The number of aliphatic carboxylic acids is 1. The summed E-state index contributed by atoms with van der Waals surface area (Å²) < 4.78 is 0. The molecule has 19 heavy (non-hydrogen) atoms. The van der Waals surface area contributed by atoms with Gasteiger partial charge in [-0.15, -0.1) is 0 Å². The number of carboxylic acid groups (broad SMARTS) is 1. The highest BCUT2D eigenvalue weighted by Crippen LogP contribution is 2.32. The smallest absolute Gasteiger partial charge is 0.323 e. The molecule has 0 radical (unpaired) electrons. The number of carbonyl (C=O) groups is 1. The minimum atomic E-state index is -0.898. The minimum Gasteiger partial charge on any atom is -0.480 e. The van der Waals surface area contributed by atoms with Gasteiger partial charge in [0.2, 0.25) is 0 Å². The lowest BCUT2D eigenvalue weighted by atomic mass is 10.1. The lowest BCUT2D eigenvalue weighted by Gasteiger charge is -2.23. The highest BCUT2D eigenvalue weighted by Gasteiger charge is 2.27. The van der Waals surface area contributed by atoms with E-state index in [2.05, 4.69) is 11.1 Å². The normalized spacial score (nSPS) is 13.9. The van der Waals surface area contributed by atoms with Gasteiger partial charge in [0.1, 0.15) is 18.4 Å². The Labute approximate surface area is 112 Å². The molecule has 1 aliphatic carbocycles. The summed E-state index contributed by atoms with van der Waals surface area (Å²) >= 11 is 0. The van der Waals surface area contributed by atoms with E-state index in [1.54, 1.807) is 4.90 Å². The molecule has 0 bridgehead atoms. The fourth-order valence-electron chi connectivity index (χ4n) is 2.19. The number of nitrogens with zero attached hydrogens (tertiary/aromatic N) is 3.